The normalized spacial score (nSPS) is 16.5. The molecule has 2 aromatic carbocycles. The summed E-state index contributed by atoms with van der Waals surface area (Å²) in [5.74, 6) is 1.10. The first-order valence-electron chi connectivity index (χ1n) is 20.2. The third kappa shape index (κ3) is 7.34. The zero-order valence-electron chi connectivity index (χ0n) is 35.7. The lowest BCUT2D eigenvalue weighted by atomic mass is 9.85. The maximum absolute atomic E-state index is 13.4. The highest BCUT2D eigenvalue weighted by Gasteiger charge is 2.46. The Bertz CT molecular complexity index is 2810. The summed E-state index contributed by atoms with van der Waals surface area (Å²) < 4.78 is 50.8. The van der Waals surface area contributed by atoms with E-state index in [0.717, 1.165) is 39.1 Å². The Morgan fingerprint density at radius 1 is 0.565 bits per heavy atom. The minimum atomic E-state index is -3.52. The molecule has 6 heterocycles. The van der Waals surface area contributed by atoms with E-state index in [-0.39, 0.29) is 26.9 Å². The molecular weight excluding hydrogens is 825 g/mol. The number of carbonyl (C=O) groups excluding carboxylic acids is 2. The van der Waals surface area contributed by atoms with Gasteiger partial charge < -0.3 is 0 Å². The van der Waals surface area contributed by atoms with Crippen molar-refractivity contribution in [2.45, 2.75) is 99.4 Å². The minimum Gasteiger partial charge on any atom is -0.278 e. The molecule has 0 radical (unpaired) electrons. The number of carbonyl (C=O) groups is 2. The van der Waals surface area contributed by atoms with Crippen molar-refractivity contribution in [3.63, 3.8) is 0 Å². The molecule has 0 spiro atoms. The number of nitrogens with zero attached hydrogens (tertiary/aromatic N) is 8. The second-order valence-corrected chi connectivity index (χ2v) is 21.9. The fourth-order valence-corrected chi connectivity index (χ4v) is 10.3. The number of aryl methyl sites for hydroxylation is 2. The van der Waals surface area contributed by atoms with Gasteiger partial charge in [0.1, 0.15) is 11.6 Å². The van der Waals surface area contributed by atoms with Crippen molar-refractivity contribution in [3.8, 4) is 22.3 Å². The zero-order chi connectivity index (χ0) is 44.5. The highest BCUT2D eigenvalue weighted by Crippen LogP contribution is 2.48. The monoisotopic (exact) mass is 870 g/mol. The van der Waals surface area contributed by atoms with Crippen LogP contribution in [0.3, 0.4) is 0 Å². The summed E-state index contributed by atoms with van der Waals surface area (Å²) in [7, 11) is -6.94. The van der Waals surface area contributed by atoms with Crippen molar-refractivity contribution in [1.29, 1.82) is 0 Å². The Hall–Kier alpha value is -6.26. The molecule has 9 rings (SSSR count). The Balaban J connectivity index is 0.000000171. The maximum Gasteiger partial charge on any atom is 0.241 e. The van der Waals surface area contributed by atoms with Gasteiger partial charge in [0.2, 0.25) is 11.8 Å². The molecule has 318 valence electrons. The lowest BCUT2D eigenvalue weighted by Crippen LogP contribution is -2.33. The first-order valence-corrected chi connectivity index (χ1v) is 23.3. The second kappa shape index (κ2) is 15.3. The number of fused-ring (bicyclic) bond motifs is 2. The largest absolute Gasteiger partial charge is 0.278 e. The van der Waals surface area contributed by atoms with Gasteiger partial charge in [-0.2, -0.15) is 0 Å². The predicted molar refractivity (Wildman–Crippen MR) is 236 cm³/mol. The van der Waals surface area contributed by atoms with Gasteiger partial charge in [-0.15, -0.1) is 0 Å². The van der Waals surface area contributed by atoms with Gasteiger partial charge in [0.25, 0.3) is 0 Å². The number of benzene rings is 2. The first-order chi connectivity index (χ1) is 29.2. The van der Waals surface area contributed by atoms with Crippen LogP contribution in [0.5, 0.6) is 0 Å². The average molecular weight is 871 g/mol. The van der Waals surface area contributed by atoms with Crippen molar-refractivity contribution in [1.82, 2.24) is 29.9 Å². The van der Waals surface area contributed by atoms with Crippen LogP contribution in [0.25, 0.3) is 22.3 Å². The summed E-state index contributed by atoms with van der Waals surface area (Å²) in [4.78, 5) is 55.5. The molecule has 16 heteroatoms. The van der Waals surface area contributed by atoms with E-state index in [9.17, 15) is 26.4 Å². The predicted octanol–water partition coefficient (Wildman–Crippen LogP) is 7.72. The smallest absolute Gasteiger partial charge is 0.241 e. The first kappa shape index (κ1) is 42.4. The molecule has 2 amide bonds. The zero-order valence-corrected chi connectivity index (χ0v) is 37.3. The molecular formula is C46H46N8O6S2. The topological polar surface area (TPSA) is 186 Å². The van der Waals surface area contributed by atoms with Crippen LogP contribution in [0.2, 0.25) is 0 Å². The van der Waals surface area contributed by atoms with Gasteiger partial charge in [-0.25, -0.2) is 36.8 Å². The molecule has 0 N–H and O–H groups in total. The van der Waals surface area contributed by atoms with Gasteiger partial charge in [0.15, 0.2) is 19.7 Å². The van der Waals surface area contributed by atoms with Crippen LogP contribution >= 0.6 is 0 Å². The summed E-state index contributed by atoms with van der Waals surface area (Å²) >= 11 is 0. The molecule has 1 fully saturated rings. The lowest BCUT2D eigenvalue weighted by molar-refractivity contribution is -0.122. The number of sulfone groups is 2. The summed E-state index contributed by atoms with van der Waals surface area (Å²) in [6, 6.07) is 14.7. The average Bonchev–Trinajstić information content (AvgIpc) is 4.06. The van der Waals surface area contributed by atoms with Crippen molar-refractivity contribution >= 4 is 54.2 Å². The van der Waals surface area contributed by atoms with Crippen LogP contribution in [0.4, 0.5) is 22.7 Å². The number of hydrogen-bond acceptors (Lipinski definition) is 12. The standard InChI is InChI=1S/C23H22N4O3S.C23H24N4O3S/c1-14-25-10-16(11-26-14)15-4-7-20-21(8-15)27(22(28)23(20,2)3)17-9-19(13-24-12-17)31(29,30)18-5-6-18;1-14(2)31(29,30)19-9-18(12-24-13-19)27-21-8-16(17-10-25-15(3)26-11-17)6-7-20(21)23(4,5)22(27)28/h4,7-13,18H,5-6H2,1-3H3;6-14H,1-5H3. The summed E-state index contributed by atoms with van der Waals surface area (Å²) in [5.41, 5.74) is 5.96. The van der Waals surface area contributed by atoms with E-state index in [1.807, 2.05) is 77.9 Å². The summed E-state index contributed by atoms with van der Waals surface area (Å²) in [5, 5.41) is -0.925. The molecule has 0 unspecified atom stereocenters. The third-order valence-corrected chi connectivity index (χ3v) is 16.0. The molecule has 6 aromatic rings. The lowest BCUT2D eigenvalue weighted by Gasteiger charge is -2.21. The number of rotatable bonds is 8. The van der Waals surface area contributed by atoms with Crippen molar-refractivity contribution in [2.24, 2.45) is 0 Å². The van der Waals surface area contributed by atoms with E-state index in [1.54, 1.807) is 54.5 Å². The molecule has 3 aliphatic rings. The van der Waals surface area contributed by atoms with Gasteiger partial charge in [0.05, 0.1) is 66.3 Å². The van der Waals surface area contributed by atoms with E-state index >= 15 is 0 Å². The van der Waals surface area contributed by atoms with Crippen LogP contribution in [0, 0.1) is 13.8 Å². The van der Waals surface area contributed by atoms with Crippen LogP contribution < -0.4 is 9.80 Å². The number of anilines is 4. The molecule has 0 saturated heterocycles. The SMILES string of the molecule is Cc1ncc(-c2ccc3c(c2)N(c2cncc(S(=O)(=O)C(C)C)c2)C(=O)C3(C)C)cn1.Cc1ncc(-c2ccc3c(c2)N(c2cncc(S(=O)(=O)C4CC4)c2)C(=O)C3(C)C)cn1. The molecule has 62 heavy (non-hydrogen) atoms. The van der Waals surface area contributed by atoms with Crippen molar-refractivity contribution < 1.29 is 26.4 Å². The Morgan fingerprint density at radius 2 is 0.968 bits per heavy atom. The maximum atomic E-state index is 13.4. The fourth-order valence-electron chi connectivity index (χ4n) is 7.67. The van der Waals surface area contributed by atoms with Gasteiger partial charge in [-0.3, -0.25) is 29.4 Å². The Morgan fingerprint density at radius 3 is 1.37 bits per heavy atom. The molecule has 4 aromatic heterocycles. The van der Waals surface area contributed by atoms with Crippen LogP contribution in [-0.4, -0.2) is 69.1 Å². The highest BCUT2D eigenvalue weighted by atomic mass is 32.2. The van der Waals surface area contributed by atoms with Crippen LogP contribution in [0.1, 0.15) is 77.2 Å². The number of aromatic nitrogens is 6. The molecule has 1 aliphatic carbocycles. The molecule has 0 bridgehead atoms. The van der Waals surface area contributed by atoms with Crippen molar-refractivity contribution in [3.05, 3.63) is 121 Å². The molecule has 0 atom stereocenters. The third-order valence-electron chi connectivity index (χ3n) is 11.7. The van der Waals surface area contributed by atoms with Crippen LogP contribution in [0.15, 0.2) is 108 Å². The quantitative estimate of drug-likeness (QED) is 0.145. The highest BCUT2D eigenvalue weighted by molar-refractivity contribution is 7.92. The van der Waals surface area contributed by atoms with E-state index in [1.165, 1.54) is 30.9 Å². The minimum absolute atomic E-state index is 0.0992. The van der Waals surface area contributed by atoms with Crippen molar-refractivity contribution in [2.75, 3.05) is 9.80 Å². The summed E-state index contributed by atoms with van der Waals surface area (Å²) in [6.45, 7) is 14.4. The van der Waals surface area contributed by atoms with Gasteiger partial charge >= 0.3 is 0 Å². The van der Waals surface area contributed by atoms with Crippen LogP contribution in [-0.2, 0) is 40.1 Å². The van der Waals surface area contributed by atoms with E-state index < -0.39 is 35.8 Å². The number of hydrogen-bond donors (Lipinski definition) is 0. The van der Waals surface area contributed by atoms with E-state index in [0.29, 0.717) is 41.6 Å². The molecule has 14 nitrogen and oxygen atoms in total. The molecule has 2 aliphatic heterocycles. The van der Waals surface area contributed by atoms with E-state index in [4.69, 9.17) is 0 Å². The molecule has 1 saturated carbocycles. The fraction of sp³-hybridized carbons (Fsp3) is 0.304. The van der Waals surface area contributed by atoms with Gasteiger partial charge in [-0.1, -0.05) is 24.3 Å². The number of pyridine rings is 2. The van der Waals surface area contributed by atoms with E-state index in [2.05, 4.69) is 29.9 Å². The second-order valence-electron chi connectivity index (χ2n) is 17.1. The van der Waals surface area contributed by atoms with Gasteiger partial charge in [-0.05, 0) is 115 Å². The Kier molecular flexibility index (Phi) is 10.5. The summed E-state index contributed by atoms with van der Waals surface area (Å²) in [6.07, 6.45) is 14.1. The number of amides is 2. The Labute approximate surface area is 361 Å². The van der Waals surface area contributed by atoms with Gasteiger partial charge in [0, 0.05) is 48.3 Å².